The second kappa shape index (κ2) is 6.87. The average Bonchev–Trinajstić information content (AvgIpc) is 3.32. The molecular weight excluding hydrogens is 340 g/mol. The van der Waals surface area contributed by atoms with Crippen molar-refractivity contribution in [2.24, 2.45) is 10.8 Å². The molecule has 2 atom stereocenters. The summed E-state index contributed by atoms with van der Waals surface area (Å²) in [5.41, 5.74) is 9.17. The summed E-state index contributed by atoms with van der Waals surface area (Å²) >= 11 is 0. The average molecular weight is 362 g/mol. The number of hydrogen-bond acceptors (Lipinski definition) is 4. The highest BCUT2D eigenvalue weighted by molar-refractivity contribution is 6.40. The first-order valence-electron chi connectivity index (χ1n) is 9.12. The lowest BCUT2D eigenvalue weighted by Gasteiger charge is -2.25. The van der Waals surface area contributed by atoms with Crippen molar-refractivity contribution in [3.8, 4) is 0 Å². The minimum atomic E-state index is -0.643. The Morgan fingerprint density at radius 1 is 1.11 bits per heavy atom. The third kappa shape index (κ3) is 3.07. The minimum absolute atomic E-state index is 0.0363. The minimum Gasteiger partial charge on any atom is -0.368 e. The first-order chi connectivity index (χ1) is 13.1. The number of nitrogens with zero attached hydrogens (tertiary/aromatic N) is 3. The van der Waals surface area contributed by atoms with Crippen LogP contribution in [0, 0.1) is 0 Å². The fourth-order valence-corrected chi connectivity index (χ4v) is 3.96. The van der Waals surface area contributed by atoms with Gasteiger partial charge < -0.3 is 10.6 Å². The number of fused-ring (bicyclic) bond motifs is 1. The molecular formula is C21H22N4O2. The van der Waals surface area contributed by atoms with E-state index in [9.17, 15) is 9.59 Å². The number of carbonyl (C=O) groups is 2. The number of carbonyl (C=O) groups excluding carboxylic acids is 2. The third-order valence-corrected chi connectivity index (χ3v) is 5.40. The predicted molar refractivity (Wildman–Crippen MR) is 104 cm³/mol. The van der Waals surface area contributed by atoms with E-state index in [-0.39, 0.29) is 18.4 Å². The molecule has 138 valence electrons. The van der Waals surface area contributed by atoms with E-state index >= 15 is 0 Å². The van der Waals surface area contributed by atoms with Gasteiger partial charge in [0.05, 0.1) is 11.7 Å². The monoisotopic (exact) mass is 362 g/mol. The van der Waals surface area contributed by atoms with Gasteiger partial charge in [-0.2, -0.15) is 5.10 Å². The van der Waals surface area contributed by atoms with E-state index in [1.807, 2.05) is 49.5 Å². The first kappa shape index (κ1) is 17.3. The van der Waals surface area contributed by atoms with Crippen LogP contribution >= 0.6 is 0 Å². The van der Waals surface area contributed by atoms with Crippen LogP contribution in [0.3, 0.4) is 0 Å². The standard InChI is InChI=1S/C21H22N4O2/c1-24(18-12-11-14-7-5-6-10-16(14)18)21(27)17-13-19(20(22)26)25(23-17)15-8-3-2-4-9-15/h2-10,18-19H,11-13H2,1H3,(H2,22,26)/t18-,19+/m0/s1. The molecule has 6 nitrogen and oxygen atoms in total. The van der Waals surface area contributed by atoms with Gasteiger partial charge in [-0.1, -0.05) is 42.5 Å². The Hall–Kier alpha value is -3.15. The van der Waals surface area contributed by atoms with Gasteiger partial charge in [0.15, 0.2) is 0 Å². The Labute approximate surface area is 158 Å². The number of primary amides is 1. The first-order valence-corrected chi connectivity index (χ1v) is 9.12. The number of anilines is 1. The van der Waals surface area contributed by atoms with Crippen molar-refractivity contribution in [2.45, 2.75) is 31.3 Å². The Balaban J connectivity index is 1.59. The molecule has 0 saturated carbocycles. The Morgan fingerprint density at radius 2 is 1.81 bits per heavy atom. The summed E-state index contributed by atoms with van der Waals surface area (Å²) < 4.78 is 0. The van der Waals surface area contributed by atoms with E-state index in [1.165, 1.54) is 11.1 Å². The van der Waals surface area contributed by atoms with Crippen LogP contribution in [-0.4, -0.2) is 35.5 Å². The summed E-state index contributed by atoms with van der Waals surface area (Å²) in [6, 6.07) is 16.9. The number of aryl methyl sites for hydroxylation is 1. The molecule has 2 N–H and O–H groups in total. The maximum Gasteiger partial charge on any atom is 0.270 e. The van der Waals surface area contributed by atoms with E-state index in [1.54, 1.807) is 9.91 Å². The second-order valence-corrected chi connectivity index (χ2v) is 7.02. The summed E-state index contributed by atoms with van der Waals surface area (Å²) in [4.78, 5) is 26.8. The molecule has 1 heterocycles. The summed E-state index contributed by atoms with van der Waals surface area (Å²) in [5.74, 6) is -0.638. The molecule has 2 amide bonds. The van der Waals surface area contributed by atoms with Crippen molar-refractivity contribution in [1.29, 1.82) is 0 Å². The Kier molecular flexibility index (Phi) is 4.39. The number of benzene rings is 2. The van der Waals surface area contributed by atoms with Crippen LogP contribution in [0.4, 0.5) is 5.69 Å². The Morgan fingerprint density at radius 3 is 2.56 bits per heavy atom. The highest BCUT2D eigenvalue weighted by atomic mass is 16.2. The maximum absolute atomic E-state index is 13.1. The molecule has 27 heavy (non-hydrogen) atoms. The van der Waals surface area contributed by atoms with Gasteiger partial charge in [-0.15, -0.1) is 0 Å². The SMILES string of the molecule is CN(C(=O)C1=NN(c2ccccc2)[C@@H](C(N)=O)C1)[C@H]1CCc2ccccc21. The molecule has 1 aliphatic carbocycles. The number of hydrazone groups is 1. The van der Waals surface area contributed by atoms with Gasteiger partial charge in [-0.3, -0.25) is 14.6 Å². The summed E-state index contributed by atoms with van der Waals surface area (Å²) in [6.07, 6.45) is 2.09. The molecule has 1 aliphatic heterocycles. The molecule has 4 rings (SSSR count). The Bertz CT molecular complexity index is 909. The zero-order chi connectivity index (χ0) is 19.0. The van der Waals surface area contributed by atoms with Crippen LogP contribution in [0.15, 0.2) is 59.7 Å². The molecule has 0 bridgehead atoms. The van der Waals surface area contributed by atoms with E-state index in [2.05, 4.69) is 17.2 Å². The van der Waals surface area contributed by atoms with Gasteiger partial charge in [0.2, 0.25) is 5.91 Å². The summed E-state index contributed by atoms with van der Waals surface area (Å²) in [6.45, 7) is 0. The lowest BCUT2D eigenvalue weighted by Crippen LogP contribution is -2.40. The van der Waals surface area contributed by atoms with Gasteiger partial charge in [0.25, 0.3) is 5.91 Å². The molecule has 0 saturated heterocycles. The van der Waals surface area contributed by atoms with Gasteiger partial charge in [0.1, 0.15) is 11.8 Å². The number of amides is 2. The van der Waals surface area contributed by atoms with E-state index in [4.69, 9.17) is 5.73 Å². The topological polar surface area (TPSA) is 79.0 Å². The van der Waals surface area contributed by atoms with Crippen molar-refractivity contribution < 1.29 is 9.59 Å². The molecule has 0 radical (unpaired) electrons. The van der Waals surface area contributed by atoms with Gasteiger partial charge in [-0.25, -0.2) is 0 Å². The zero-order valence-corrected chi connectivity index (χ0v) is 15.2. The van der Waals surface area contributed by atoms with E-state index in [0.29, 0.717) is 5.71 Å². The van der Waals surface area contributed by atoms with Gasteiger partial charge in [-0.05, 0) is 36.1 Å². The quantitative estimate of drug-likeness (QED) is 0.906. The molecule has 0 aromatic heterocycles. The highest BCUT2D eigenvalue weighted by Gasteiger charge is 2.38. The van der Waals surface area contributed by atoms with Crippen molar-refractivity contribution in [1.82, 2.24) is 4.90 Å². The fraction of sp³-hybridized carbons (Fsp3) is 0.286. The van der Waals surface area contributed by atoms with Gasteiger partial charge in [0, 0.05) is 13.5 Å². The summed E-state index contributed by atoms with van der Waals surface area (Å²) in [7, 11) is 1.81. The number of nitrogens with two attached hydrogens (primary N) is 1. The molecule has 2 aromatic carbocycles. The van der Waals surface area contributed by atoms with Crippen molar-refractivity contribution in [3.05, 3.63) is 65.7 Å². The smallest absolute Gasteiger partial charge is 0.270 e. The van der Waals surface area contributed by atoms with Crippen LogP contribution in [0.5, 0.6) is 0 Å². The van der Waals surface area contributed by atoms with Crippen LogP contribution in [0.2, 0.25) is 0 Å². The van der Waals surface area contributed by atoms with Crippen molar-refractivity contribution in [2.75, 3.05) is 12.1 Å². The molecule has 0 spiro atoms. The lowest BCUT2D eigenvalue weighted by molar-refractivity contribution is -0.125. The third-order valence-electron chi connectivity index (χ3n) is 5.40. The molecule has 2 aromatic rings. The van der Waals surface area contributed by atoms with Crippen molar-refractivity contribution >= 4 is 23.2 Å². The van der Waals surface area contributed by atoms with Crippen LogP contribution in [0.25, 0.3) is 0 Å². The fourth-order valence-electron chi connectivity index (χ4n) is 3.96. The van der Waals surface area contributed by atoms with Crippen LogP contribution in [-0.2, 0) is 16.0 Å². The number of para-hydroxylation sites is 1. The lowest BCUT2D eigenvalue weighted by atomic mass is 10.1. The van der Waals surface area contributed by atoms with Gasteiger partial charge >= 0.3 is 0 Å². The molecule has 0 fully saturated rings. The molecule has 6 heteroatoms. The molecule has 0 unspecified atom stereocenters. The molecule has 2 aliphatic rings. The second-order valence-electron chi connectivity index (χ2n) is 7.02. The van der Waals surface area contributed by atoms with Crippen LogP contribution in [0.1, 0.15) is 30.0 Å². The highest BCUT2D eigenvalue weighted by Crippen LogP contribution is 2.35. The summed E-state index contributed by atoms with van der Waals surface area (Å²) in [5, 5.41) is 6.03. The predicted octanol–water partition coefficient (Wildman–Crippen LogP) is 2.25. The largest absolute Gasteiger partial charge is 0.368 e. The normalized spacial score (nSPS) is 20.9. The zero-order valence-electron chi connectivity index (χ0n) is 15.2. The number of rotatable bonds is 4. The van der Waals surface area contributed by atoms with Crippen molar-refractivity contribution in [3.63, 3.8) is 0 Å². The van der Waals surface area contributed by atoms with Crippen LogP contribution < -0.4 is 10.7 Å². The van der Waals surface area contributed by atoms with E-state index in [0.717, 1.165) is 18.5 Å². The maximum atomic E-state index is 13.1. The number of hydrogen-bond donors (Lipinski definition) is 1. The van der Waals surface area contributed by atoms with E-state index < -0.39 is 11.9 Å².